The Morgan fingerprint density at radius 1 is 0.818 bits per heavy atom. The molecular weight excluding hydrogens is 280 g/mol. The third kappa shape index (κ3) is 5.28. The van der Waals surface area contributed by atoms with E-state index in [0.29, 0.717) is 12.1 Å². The van der Waals surface area contributed by atoms with Crippen LogP contribution < -0.4 is 10.6 Å². The number of nitrogens with one attached hydrogen (secondary N) is 2. The summed E-state index contributed by atoms with van der Waals surface area (Å²) >= 11 is 0. The van der Waals surface area contributed by atoms with E-state index in [9.17, 15) is 9.59 Å². The van der Waals surface area contributed by atoms with Crippen molar-refractivity contribution in [2.75, 3.05) is 10.6 Å². The number of carbonyl (C=O) groups is 2. The lowest BCUT2D eigenvalue weighted by molar-refractivity contribution is -0.137. The van der Waals surface area contributed by atoms with Crippen molar-refractivity contribution < 1.29 is 14.7 Å². The molecule has 0 fully saturated rings. The second-order valence-electron chi connectivity index (χ2n) is 4.86. The summed E-state index contributed by atoms with van der Waals surface area (Å²) in [6, 6.07) is 17.2. The molecule has 2 rings (SSSR count). The number of aliphatic carboxylic acids is 1. The monoisotopic (exact) mass is 298 g/mol. The number of rotatable bonds is 7. The van der Waals surface area contributed by atoms with Gasteiger partial charge in [0.1, 0.15) is 0 Å². The van der Waals surface area contributed by atoms with Crippen LogP contribution in [0.3, 0.4) is 0 Å². The quantitative estimate of drug-likeness (QED) is 0.729. The minimum Gasteiger partial charge on any atom is -0.481 e. The summed E-state index contributed by atoms with van der Waals surface area (Å²) < 4.78 is 0. The van der Waals surface area contributed by atoms with Crippen molar-refractivity contribution in [1.82, 2.24) is 0 Å². The molecule has 2 aromatic carbocycles. The molecule has 2 aromatic rings. The SMILES string of the molecule is O=C(O)CCCC(=O)Nc1ccc(Nc2ccccc2)cc1. The fraction of sp³-hybridized carbons (Fsp3) is 0.176. The summed E-state index contributed by atoms with van der Waals surface area (Å²) in [7, 11) is 0. The van der Waals surface area contributed by atoms with Crippen molar-refractivity contribution >= 4 is 28.9 Å². The highest BCUT2D eigenvalue weighted by Crippen LogP contribution is 2.18. The highest BCUT2D eigenvalue weighted by atomic mass is 16.4. The molecule has 1 amide bonds. The number of hydrogen-bond acceptors (Lipinski definition) is 3. The molecule has 0 aliphatic heterocycles. The Labute approximate surface area is 129 Å². The summed E-state index contributed by atoms with van der Waals surface area (Å²) in [4.78, 5) is 22.0. The number of carbonyl (C=O) groups excluding carboxylic acids is 1. The molecule has 0 atom stereocenters. The van der Waals surface area contributed by atoms with Crippen LogP contribution in [0, 0.1) is 0 Å². The molecule has 0 radical (unpaired) electrons. The van der Waals surface area contributed by atoms with Gasteiger partial charge in [0, 0.05) is 29.9 Å². The van der Waals surface area contributed by atoms with Gasteiger partial charge in [-0.25, -0.2) is 0 Å². The van der Waals surface area contributed by atoms with E-state index in [0.717, 1.165) is 11.4 Å². The molecule has 0 saturated carbocycles. The number of carboxylic acid groups (broad SMARTS) is 1. The smallest absolute Gasteiger partial charge is 0.303 e. The molecule has 0 aromatic heterocycles. The van der Waals surface area contributed by atoms with Crippen molar-refractivity contribution in [2.45, 2.75) is 19.3 Å². The highest BCUT2D eigenvalue weighted by Gasteiger charge is 2.04. The lowest BCUT2D eigenvalue weighted by Crippen LogP contribution is -2.11. The number of benzene rings is 2. The molecule has 5 nitrogen and oxygen atoms in total. The summed E-state index contributed by atoms with van der Waals surface area (Å²) in [5.74, 6) is -1.06. The lowest BCUT2D eigenvalue weighted by Gasteiger charge is -2.08. The number of anilines is 3. The predicted octanol–water partition coefficient (Wildman–Crippen LogP) is 3.62. The van der Waals surface area contributed by atoms with E-state index in [1.807, 2.05) is 42.5 Å². The van der Waals surface area contributed by atoms with Gasteiger partial charge >= 0.3 is 5.97 Å². The minimum absolute atomic E-state index is 0.00730. The van der Waals surface area contributed by atoms with E-state index in [1.54, 1.807) is 12.1 Å². The number of hydrogen-bond donors (Lipinski definition) is 3. The summed E-state index contributed by atoms with van der Waals surface area (Å²) in [6.07, 6.45) is 0.554. The average Bonchev–Trinajstić information content (AvgIpc) is 2.50. The lowest BCUT2D eigenvalue weighted by atomic mass is 10.2. The largest absolute Gasteiger partial charge is 0.481 e. The van der Waals surface area contributed by atoms with Gasteiger partial charge < -0.3 is 15.7 Å². The first-order valence-corrected chi connectivity index (χ1v) is 7.07. The Bertz CT molecular complexity index is 624. The standard InChI is InChI=1S/C17H18N2O3/c20-16(7-4-8-17(21)22)19-15-11-9-14(10-12-15)18-13-5-2-1-3-6-13/h1-3,5-6,9-12,18H,4,7-8H2,(H,19,20)(H,21,22). The molecule has 0 heterocycles. The summed E-state index contributed by atoms with van der Waals surface area (Å²) in [6.45, 7) is 0. The topological polar surface area (TPSA) is 78.4 Å². The van der Waals surface area contributed by atoms with Gasteiger partial charge in [-0.3, -0.25) is 9.59 Å². The van der Waals surface area contributed by atoms with Gasteiger partial charge in [-0.1, -0.05) is 18.2 Å². The Hall–Kier alpha value is -2.82. The zero-order chi connectivity index (χ0) is 15.8. The molecule has 0 aliphatic carbocycles. The van der Waals surface area contributed by atoms with E-state index >= 15 is 0 Å². The van der Waals surface area contributed by atoms with Crippen LogP contribution in [-0.2, 0) is 9.59 Å². The van der Waals surface area contributed by atoms with Gasteiger partial charge in [0.15, 0.2) is 0 Å². The normalized spacial score (nSPS) is 10.0. The van der Waals surface area contributed by atoms with Crippen molar-refractivity contribution in [2.24, 2.45) is 0 Å². The molecule has 3 N–H and O–H groups in total. The molecule has 0 spiro atoms. The first-order valence-electron chi connectivity index (χ1n) is 7.07. The maximum absolute atomic E-state index is 11.7. The van der Waals surface area contributed by atoms with Crippen molar-refractivity contribution in [3.8, 4) is 0 Å². The highest BCUT2D eigenvalue weighted by molar-refractivity contribution is 5.91. The molecule has 0 aliphatic rings. The first-order chi connectivity index (χ1) is 10.6. The van der Waals surface area contributed by atoms with Crippen LogP contribution in [0.25, 0.3) is 0 Å². The van der Waals surface area contributed by atoms with Gasteiger partial charge in [-0.2, -0.15) is 0 Å². The van der Waals surface area contributed by atoms with Crippen LogP contribution in [0.2, 0.25) is 0 Å². The van der Waals surface area contributed by atoms with Crippen molar-refractivity contribution in [3.05, 3.63) is 54.6 Å². The van der Waals surface area contributed by atoms with E-state index in [2.05, 4.69) is 10.6 Å². The van der Waals surface area contributed by atoms with Crippen LogP contribution in [-0.4, -0.2) is 17.0 Å². The van der Waals surface area contributed by atoms with E-state index < -0.39 is 5.97 Å². The zero-order valence-electron chi connectivity index (χ0n) is 12.1. The van der Waals surface area contributed by atoms with Gasteiger partial charge in [0.05, 0.1) is 0 Å². The van der Waals surface area contributed by atoms with Crippen LogP contribution in [0.5, 0.6) is 0 Å². The molecule has 22 heavy (non-hydrogen) atoms. The van der Waals surface area contributed by atoms with Crippen LogP contribution >= 0.6 is 0 Å². The summed E-state index contributed by atoms with van der Waals surface area (Å²) in [5.41, 5.74) is 2.61. The second kappa shape index (κ2) is 7.83. The predicted molar refractivity (Wildman–Crippen MR) is 86.3 cm³/mol. The maximum Gasteiger partial charge on any atom is 0.303 e. The molecule has 5 heteroatoms. The van der Waals surface area contributed by atoms with E-state index in [1.165, 1.54) is 0 Å². The van der Waals surface area contributed by atoms with Crippen LogP contribution in [0.1, 0.15) is 19.3 Å². The number of para-hydroxylation sites is 1. The maximum atomic E-state index is 11.7. The van der Waals surface area contributed by atoms with Crippen LogP contribution in [0.15, 0.2) is 54.6 Å². The summed E-state index contributed by atoms with van der Waals surface area (Å²) in [5, 5.41) is 14.5. The Morgan fingerprint density at radius 2 is 1.41 bits per heavy atom. The third-order valence-corrected chi connectivity index (χ3v) is 3.03. The van der Waals surface area contributed by atoms with E-state index in [-0.39, 0.29) is 18.7 Å². The zero-order valence-corrected chi connectivity index (χ0v) is 12.1. The van der Waals surface area contributed by atoms with Gasteiger partial charge in [0.25, 0.3) is 0 Å². The number of carboxylic acids is 1. The van der Waals surface area contributed by atoms with Gasteiger partial charge in [-0.15, -0.1) is 0 Å². The average molecular weight is 298 g/mol. The third-order valence-electron chi connectivity index (χ3n) is 3.03. The van der Waals surface area contributed by atoms with Crippen LogP contribution in [0.4, 0.5) is 17.1 Å². The Morgan fingerprint density at radius 3 is 2.05 bits per heavy atom. The molecular formula is C17H18N2O3. The molecule has 114 valence electrons. The molecule has 0 saturated heterocycles. The van der Waals surface area contributed by atoms with Crippen molar-refractivity contribution in [1.29, 1.82) is 0 Å². The van der Waals surface area contributed by atoms with Gasteiger partial charge in [0.2, 0.25) is 5.91 Å². The Balaban J connectivity index is 1.84. The fourth-order valence-electron chi connectivity index (χ4n) is 1.95. The molecule has 0 bridgehead atoms. The fourth-order valence-corrected chi connectivity index (χ4v) is 1.95. The van der Waals surface area contributed by atoms with Crippen molar-refractivity contribution in [3.63, 3.8) is 0 Å². The first kappa shape index (κ1) is 15.6. The second-order valence-corrected chi connectivity index (χ2v) is 4.86. The Kier molecular flexibility index (Phi) is 5.54. The van der Waals surface area contributed by atoms with E-state index in [4.69, 9.17) is 5.11 Å². The number of amides is 1. The van der Waals surface area contributed by atoms with Gasteiger partial charge in [-0.05, 0) is 42.8 Å². The minimum atomic E-state index is -0.885. The molecule has 0 unspecified atom stereocenters.